The highest BCUT2D eigenvalue weighted by atomic mass is 35.5. The second-order valence-electron chi connectivity index (χ2n) is 7.89. The number of hydrogen-bond acceptors (Lipinski definition) is 8. The molecule has 0 spiro atoms. The van der Waals surface area contributed by atoms with Gasteiger partial charge in [-0.1, -0.05) is 11.6 Å². The summed E-state index contributed by atoms with van der Waals surface area (Å²) < 4.78 is 22.2. The number of benzene rings is 1. The number of halogens is 2. The van der Waals surface area contributed by atoms with Gasteiger partial charge in [0.15, 0.2) is 0 Å². The van der Waals surface area contributed by atoms with Gasteiger partial charge in [0.1, 0.15) is 29.8 Å². The average molecular weight is 536 g/mol. The molecule has 1 aromatic carbocycles. The number of aromatic nitrogens is 4. The number of ether oxygens (including phenoxy) is 1. The fourth-order valence-electron chi connectivity index (χ4n) is 4.03. The maximum atomic E-state index is 14.2. The van der Waals surface area contributed by atoms with Crippen molar-refractivity contribution in [1.29, 1.82) is 5.26 Å². The van der Waals surface area contributed by atoms with E-state index in [9.17, 15) is 24.3 Å². The molecule has 0 unspecified atom stereocenters. The Bertz CT molecular complexity index is 1830. The van der Waals surface area contributed by atoms with Gasteiger partial charge < -0.3 is 9.84 Å². The second-order valence-corrected chi connectivity index (χ2v) is 9.21. The third kappa shape index (κ3) is 4.26. The lowest BCUT2D eigenvalue weighted by molar-refractivity contribution is 0.0699. The molecule has 4 heterocycles. The summed E-state index contributed by atoms with van der Waals surface area (Å²) in [5, 5.41) is 20.6. The molecular formula is C25H15ClFN5O4S. The molecule has 5 rings (SSSR count). The Morgan fingerprint density at radius 2 is 2.08 bits per heavy atom. The van der Waals surface area contributed by atoms with Crippen molar-refractivity contribution >= 4 is 50.0 Å². The number of thiophene rings is 1. The molecule has 37 heavy (non-hydrogen) atoms. The fraction of sp³-hybridized carbons (Fsp3) is 0.120. The maximum absolute atomic E-state index is 14.2. The van der Waals surface area contributed by atoms with E-state index in [-0.39, 0.29) is 41.0 Å². The Morgan fingerprint density at radius 3 is 2.84 bits per heavy atom. The van der Waals surface area contributed by atoms with Crippen molar-refractivity contribution in [2.24, 2.45) is 0 Å². The van der Waals surface area contributed by atoms with Crippen LogP contribution in [0.5, 0.6) is 5.75 Å². The van der Waals surface area contributed by atoms with Crippen LogP contribution in [0.15, 0.2) is 46.8 Å². The number of nitrogens with zero attached hydrogens (tertiary/aromatic N) is 5. The first-order valence-electron chi connectivity index (χ1n) is 10.8. The van der Waals surface area contributed by atoms with Crippen molar-refractivity contribution in [2.75, 3.05) is 6.61 Å². The first kappa shape index (κ1) is 24.3. The minimum Gasteiger partial charge on any atom is -0.491 e. The van der Waals surface area contributed by atoms with Crippen LogP contribution in [0.4, 0.5) is 4.39 Å². The molecule has 0 aliphatic heterocycles. The van der Waals surface area contributed by atoms with Crippen molar-refractivity contribution in [1.82, 2.24) is 19.5 Å². The summed E-state index contributed by atoms with van der Waals surface area (Å²) in [5.41, 5.74) is 0.894. The summed E-state index contributed by atoms with van der Waals surface area (Å²) >= 11 is 7.52. The number of rotatable bonds is 6. The van der Waals surface area contributed by atoms with Crippen molar-refractivity contribution in [3.8, 4) is 22.9 Å². The molecule has 0 saturated carbocycles. The van der Waals surface area contributed by atoms with E-state index >= 15 is 0 Å². The molecule has 0 amide bonds. The van der Waals surface area contributed by atoms with Crippen LogP contribution in [0.3, 0.4) is 0 Å². The zero-order valence-electron chi connectivity index (χ0n) is 19.0. The van der Waals surface area contributed by atoms with Gasteiger partial charge in [-0.25, -0.2) is 14.8 Å². The summed E-state index contributed by atoms with van der Waals surface area (Å²) in [6.07, 6.45) is 2.53. The van der Waals surface area contributed by atoms with E-state index in [0.29, 0.717) is 32.1 Å². The number of carboxylic acids is 1. The van der Waals surface area contributed by atoms with Crippen LogP contribution in [0, 0.1) is 24.2 Å². The molecule has 5 aromatic rings. The number of aromatic carboxylic acids is 1. The smallest absolute Gasteiger partial charge is 0.338 e. The van der Waals surface area contributed by atoms with Crippen LogP contribution in [0.2, 0.25) is 5.02 Å². The predicted molar refractivity (Wildman–Crippen MR) is 136 cm³/mol. The Hall–Kier alpha value is -4.40. The minimum absolute atomic E-state index is 0.0388. The highest BCUT2D eigenvalue weighted by Gasteiger charge is 2.19. The Balaban J connectivity index is 1.50. The van der Waals surface area contributed by atoms with Gasteiger partial charge in [0.25, 0.3) is 5.56 Å². The Morgan fingerprint density at radius 1 is 1.27 bits per heavy atom. The van der Waals surface area contributed by atoms with Crippen LogP contribution in [-0.2, 0) is 6.54 Å². The molecule has 0 atom stereocenters. The molecule has 1 N–H and O–H groups in total. The van der Waals surface area contributed by atoms with Gasteiger partial charge in [0.05, 0.1) is 33.3 Å². The van der Waals surface area contributed by atoms with Gasteiger partial charge in [-0.3, -0.25) is 14.3 Å². The summed E-state index contributed by atoms with van der Waals surface area (Å²) in [6.45, 7) is 1.66. The molecule has 0 radical (unpaired) electrons. The third-order valence-electron chi connectivity index (χ3n) is 5.74. The van der Waals surface area contributed by atoms with Crippen LogP contribution >= 0.6 is 22.9 Å². The molecule has 0 bridgehead atoms. The number of aryl methyl sites for hydroxylation is 1. The van der Waals surface area contributed by atoms with E-state index in [1.54, 1.807) is 31.2 Å². The lowest BCUT2D eigenvalue weighted by Gasteiger charge is -2.15. The van der Waals surface area contributed by atoms with Crippen molar-refractivity contribution < 1.29 is 19.0 Å². The molecule has 12 heteroatoms. The lowest BCUT2D eigenvalue weighted by atomic mass is 10.0. The Labute approximate surface area is 217 Å². The van der Waals surface area contributed by atoms with Crippen molar-refractivity contribution in [3.05, 3.63) is 80.3 Å². The van der Waals surface area contributed by atoms with E-state index in [1.165, 1.54) is 27.5 Å². The monoisotopic (exact) mass is 535 g/mol. The van der Waals surface area contributed by atoms with Crippen LogP contribution in [-0.4, -0.2) is 37.2 Å². The highest BCUT2D eigenvalue weighted by Crippen LogP contribution is 2.39. The largest absolute Gasteiger partial charge is 0.491 e. The van der Waals surface area contributed by atoms with Crippen LogP contribution in [0.1, 0.15) is 21.7 Å². The predicted octanol–water partition coefficient (Wildman–Crippen LogP) is 4.82. The minimum atomic E-state index is -1.07. The third-order valence-corrected chi connectivity index (χ3v) is 6.98. The maximum Gasteiger partial charge on any atom is 0.338 e. The first-order chi connectivity index (χ1) is 17.8. The van der Waals surface area contributed by atoms with Gasteiger partial charge in [-0.05, 0) is 31.2 Å². The molecule has 9 nitrogen and oxygen atoms in total. The van der Waals surface area contributed by atoms with Crippen molar-refractivity contribution in [3.63, 3.8) is 0 Å². The number of carbonyl (C=O) groups is 1. The SMILES string of the molecule is Cc1nc2c(F)ncc(C#N)c2c(=O)n1CCOc1ccc(Cl)cc1-c1ccnc2c(C(=O)O)csc12. The molecule has 0 aliphatic carbocycles. The standard InChI is InChI=1S/C25H15ClFN5O4S/c1-12-31-21-19(13(9-28)10-30-23(21)27)24(33)32(12)6-7-36-18-3-2-14(26)8-16(18)15-4-5-29-20-17(25(34)35)11-37-22(15)20/h2-5,8,10-11H,6-7H2,1H3,(H,34,35). The molecule has 0 aliphatic rings. The lowest BCUT2D eigenvalue weighted by Crippen LogP contribution is -2.27. The quantitative estimate of drug-likeness (QED) is 0.306. The number of pyridine rings is 2. The molecule has 184 valence electrons. The summed E-state index contributed by atoms with van der Waals surface area (Å²) in [5.74, 6) is -1.30. The number of hydrogen-bond donors (Lipinski definition) is 1. The second kappa shape index (κ2) is 9.57. The molecule has 4 aromatic heterocycles. The van der Waals surface area contributed by atoms with E-state index in [4.69, 9.17) is 16.3 Å². The molecule has 0 saturated heterocycles. The zero-order valence-corrected chi connectivity index (χ0v) is 20.6. The van der Waals surface area contributed by atoms with Gasteiger partial charge in [0, 0.05) is 33.9 Å². The van der Waals surface area contributed by atoms with Gasteiger partial charge in [-0.15, -0.1) is 11.3 Å². The topological polar surface area (TPSA) is 131 Å². The van der Waals surface area contributed by atoms with Gasteiger partial charge in [0.2, 0.25) is 5.95 Å². The molecule has 0 fully saturated rings. The van der Waals surface area contributed by atoms with E-state index < -0.39 is 17.5 Å². The first-order valence-corrected chi connectivity index (χ1v) is 12.0. The zero-order chi connectivity index (χ0) is 26.3. The normalized spacial score (nSPS) is 11.1. The number of fused-ring (bicyclic) bond motifs is 2. The van der Waals surface area contributed by atoms with Gasteiger partial charge >= 0.3 is 5.97 Å². The Kier molecular flexibility index (Phi) is 6.29. The van der Waals surface area contributed by atoms with Crippen LogP contribution < -0.4 is 10.3 Å². The molecular weight excluding hydrogens is 521 g/mol. The van der Waals surface area contributed by atoms with E-state index in [0.717, 1.165) is 6.20 Å². The van der Waals surface area contributed by atoms with Crippen LogP contribution in [0.25, 0.3) is 32.2 Å². The number of carboxylic acid groups (broad SMARTS) is 1. The van der Waals surface area contributed by atoms with E-state index in [2.05, 4.69) is 15.0 Å². The summed E-state index contributed by atoms with van der Waals surface area (Å²) in [6, 6.07) is 8.64. The van der Waals surface area contributed by atoms with Gasteiger partial charge in [-0.2, -0.15) is 9.65 Å². The van der Waals surface area contributed by atoms with Crippen molar-refractivity contribution in [2.45, 2.75) is 13.5 Å². The highest BCUT2D eigenvalue weighted by molar-refractivity contribution is 7.18. The summed E-state index contributed by atoms with van der Waals surface area (Å²) in [4.78, 5) is 36.5. The fourth-order valence-corrected chi connectivity index (χ4v) is 5.23. The summed E-state index contributed by atoms with van der Waals surface area (Å²) in [7, 11) is 0. The number of nitriles is 1. The average Bonchev–Trinajstić information content (AvgIpc) is 3.32. The van der Waals surface area contributed by atoms with E-state index in [1.807, 2.05) is 6.07 Å².